The van der Waals surface area contributed by atoms with Gasteiger partial charge in [-0.1, -0.05) is 6.07 Å². The third-order valence-electron chi connectivity index (χ3n) is 5.26. The molecule has 0 saturated heterocycles. The topological polar surface area (TPSA) is 82.5 Å². The van der Waals surface area contributed by atoms with Gasteiger partial charge in [0.2, 0.25) is 0 Å². The minimum Gasteiger partial charge on any atom is -0.493 e. The van der Waals surface area contributed by atoms with Crippen LogP contribution in [0.4, 0.5) is 0 Å². The average Bonchev–Trinajstić information content (AvgIpc) is 3.32. The van der Waals surface area contributed by atoms with Gasteiger partial charge in [-0.05, 0) is 43.0 Å². The summed E-state index contributed by atoms with van der Waals surface area (Å²) in [5, 5.41) is 3.53. The molecule has 1 aliphatic rings. The standard InChI is InChI=1S/C21H23N3O4S/c1-12-17-20(23-16-5-4-10-24(16)21(17)26)29-18(12)19(25)22-9-8-13-6-7-14(27-2)15(11-13)28-3/h6-7,11H,4-5,8-10H2,1-3H3,(H,22,25). The molecule has 0 spiro atoms. The van der Waals surface area contributed by atoms with Gasteiger partial charge in [0, 0.05) is 19.5 Å². The van der Waals surface area contributed by atoms with Crippen LogP contribution in [0.25, 0.3) is 10.2 Å². The van der Waals surface area contributed by atoms with Crippen molar-refractivity contribution in [1.82, 2.24) is 14.9 Å². The van der Waals surface area contributed by atoms with Crippen LogP contribution >= 0.6 is 11.3 Å². The van der Waals surface area contributed by atoms with Crippen LogP contribution in [0.1, 0.15) is 33.0 Å². The molecule has 0 saturated carbocycles. The maximum atomic E-state index is 12.8. The van der Waals surface area contributed by atoms with E-state index in [0.717, 1.165) is 24.2 Å². The second-order valence-electron chi connectivity index (χ2n) is 7.02. The van der Waals surface area contributed by atoms with Gasteiger partial charge in [0.05, 0.1) is 24.5 Å². The summed E-state index contributed by atoms with van der Waals surface area (Å²) in [6, 6.07) is 5.71. The Morgan fingerprint density at radius 3 is 2.83 bits per heavy atom. The van der Waals surface area contributed by atoms with Gasteiger partial charge < -0.3 is 14.8 Å². The lowest BCUT2D eigenvalue weighted by molar-refractivity contribution is 0.0957. The molecule has 0 aliphatic carbocycles. The van der Waals surface area contributed by atoms with Gasteiger partial charge in [-0.25, -0.2) is 4.98 Å². The van der Waals surface area contributed by atoms with Crippen molar-refractivity contribution >= 4 is 27.5 Å². The van der Waals surface area contributed by atoms with E-state index < -0.39 is 0 Å². The molecule has 0 atom stereocenters. The number of hydrogen-bond donors (Lipinski definition) is 1. The fraction of sp³-hybridized carbons (Fsp3) is 0.381. The van der Waals surface area contributed by atoms with Gasteiger partial charge in [0.15, 0.2) is 11.5 Å². The monoisotopic (exact) mass is 413 g/mol. The summed E-state index contributed by atoms with van der Waals surface area (Å²) in [5.74, 6) is 1.99. The minimum absolute atomic E-state index is 0.0272. The summed E-state index contributed by atoms with van der Waals surface area (Å²) in [6.45, 7) is 3.01. The lowest BCUT2D eigenvalue weighted by Gasteiger charge is -2.10. The van der Waals surface area contributed by atoms with Crippen molar-refractivity contribution in [2.75, 3.05) is 20.8 Å². The number of nitrogens with zero attached hydrogens (tertiary/aromatic N) is 2. The Bertz CT molecular complexity index is 1150. The van der Waals surface area contributed by atoms with Gasteiger partial charge in [-0.15, -0.1) is 11.3 Å². The number of nitrogens with one attached hydrogen (secondary N) is 1. The van der Waals surface area contributed by atoms with Crippen LogP contribution in [0.5, 0.6) is 11.5 Å². The van der Waals surface area contributed by atoms with Gasteiger partial charge in [-0.2, -0.15) is 0 Å². The summed E-state index contributed by atoms with van der Waals surface area (Å²) in [7, 11) is 3.19. The zero-order valence-corrected chi connectivity index (χ0v) is 17.5. The molecule has 0 radical (unpaired) electrons. The Morgan fingerprint density at radius 1 is 1.28 bits per heavy atom. The molecule has 0 unspecified atom stereocenters. The van der Waals surface area contributed by atoms with Gasteiger partial charge >= 0.3 is 0 Å². The Morgan fingerprint density at radius 2 is 2.07 bits per heavy atom. The van der Waals surface area contributed by atoms with Crippen molar-refractivity contribution in [3.05, 3.63) is 50.4 Å². The van der Waals surface area contributed by atoms with E-state index in [2.05, 4.69) is 10.3 Å². The van der Waals surface area contributed by atoms with Gasteiger partial charge in [0.25, 0.3) is 11.5 Å². The fourth-order valence-electron chi connectivity index (χ4n) is 3.73. The van der Waals surface area contributed by atoms with Gasteiger partial charge in [0.1, 0.15) is 10.7 Å². The largest absolute Gasteiger partial charge is 0.493 e. The fourth-order valence-corrected chi connectivity index (χ4v) is 4.84. The van der Waals surface area contributed by atoms with E-state index in [1.54, 1.807) is 18.8 Å². The first-order valence-corrected chi connectivity index (χ1v) is 10.4. The predicted molar refractivity (Wildman–Crippen MR) is 113 cm³/mol. The highest BCUT2D eigenvalue weighted by atomic mass is 32.1. The van der Waals surface area contributed by atoms with Crippen molar-refractivity contribution in [3.63, 3.8) is 0 Å². The zero-order valence-electron chi connectivity index (χ0n) is 16.7. The normalized spacial score (nSPS) is 12.8. The van der Waals surface area contributed by atoms with E-state index in [1.807, 2.05) is 25.1 Å². The molecule has 3 heterocycles. The molecular formula is C21H23N3O4S. The number of aromatic nitrogens is 2. The van der Waals surface area contributed by atoms with Crippen LogP contribution in [-0.2, 0) is 19.4 Å². The molecule has 1 N–H and O–H groups in total. The highest BCUT2D eigenvalue weighted by Gasteiger charge is 2.23. The number of thiophene rings is 1. The summed E-state index contributed by atoms with van der Waals surface area (Å²) >= 11 is 1.30. The van der Waals surface area contributed by atoms with E-state index in [-0.39, 0.29) is 11.5 Å². The molecule has 1 aliphatic heterocycles. The number of hydrogen-bond acceptors (Lipinski definition) is 6. The molecule has 1 amide bonds. The summed E-state index contributed by atoms with van der Waals surface area (Å²) < 4.78 is 12.3. The summed E-state index contributed by atoms with van der Waals surface area (Å²) in [6.07, 6.45) is 2.42. The number of amides is 1. The van der Waals surface area contributed by atoms with Crippen molar-refractivity contribution in [1.29, 1.82) is 0 Å². The molecule has 8 heteroatoms. The molecule has 3 aromatic rings. The molecular weight excluding hydrogens is 390 g/mol. The second kappa shape index (κ2) is 7.87. The lowest BCUT2D eigenvalue weighted by atomic mass is 10.1. The van der Waals surface area contributed by atoms with Gasteiger partial charge in [-0.3, -0.25) is 14.2 Å². The first-order chi connectivity index (χ1) is 14.0. The Kier molecular flexibility index (Phi) is 5.27. The van der Waals surface area contributed by atoms with Crippen molar-refractivity contribution in [3.8, 4) is 11.5 Å². The maximum absolute atomic E-state index is 12.8. The van der Waals surface area contributed by atoms with E-state index >= 15 is 0 Å². The van der Waals surface area contributed by atoms with E-state index in [9.17, 15) is 9.59 Å². The van der Waals surface area contributed by atoms with Crippen LogP contribution in [0.15, 0.2) is 23.0 Å². The van der Waals surface area contributed by atoms with Crippen molar-refractivity contribution < 1.29 is 14.3 Å². The smallest absolute Gasteiger partial charge is 0.262 e. The molecule has 0 fully saturated rings. The Labute approximate surface area is 172 Å². The first-order valence-electron chi connectivity index (χ1n) is 9.55. The molecule has 4 rings (SSSR count). The lowest BCUT2D eigenvalue weighted by Crippen LogP contribution is -2.25. The summed E-state index contributed by atoms with van der Waals surface area (Å²) in [4.78, 5) is 31.3. The zero-order chi connectivity index (χ0) is 20.5. The van der Waals surface area contributed by atoms with E-state index in [4.69, 9.17) is 9.47 Å². The summed E-state index contributed by atoms with van der Waals surface area (Å²) in [5.41, 5.74) is 1.72. The number of fused-ring (bicyclic) bond motifs is 2. The van der Waals surface area contributed by atoms with Crippen LogP contribution in [0.2, 0.25) is 0 Å². The third kappa shape index (κ3) is 3.48. The number of rotatable bonds is 6. The van der Waals surface area contributed by atoms with E-state index in [0.29, 0.717) is 51.7 Å². The van der Waals surface area contributed by atoms with Crippen molar-refractivity contribution in [2.45, 2.75) is 32.7 Å². The average molecular weight is 413 g/mol. The highest BCUT2D eigenvalue weighted by Crippen LogP contribution is 2.29. The Hall–Kier alpha value is -2.87. The SMILES string of the molecule is COc1ccc(CCNC(=O)c2sc3nc4n(c(=O)c3c2C)CCC4)cc1OC. The second-order valence-corrected chi connectivity index (χ2v) is 8.02. The van der Waals surface area contributed by atoms with Crippen molar-refractivity contribution in [2.24, 2.45) is 0 Å². The number of benzene rings is 1. The molecule has 29 heavy (non-hydrogen) atoms. The molecule has 152 valence electrons. The number of carbonyl (C=O) groups excluding carboxylic acids is 1. The minimum atomic E-state index is -0.171. The predicted octanol–water partition coefficient (Wildman–Crippen LogP) is 2.70. The molecule has 0 bridgehead atoms. The number of methoxy groups -OCH3 is 2. The first kappa shape index (κ1) is 19.4. The number of aryl methyl sites for hydroxylation is 2. The van der Waals surface area contributed by atoms with Crippen LogP contribution in [0.3, 0.4) is 0 Å². The highest BCUT2D eigenvalue weighted by molar-refractivity contribution is 7.20. The van der Waals surface area contributed by atoms with Crippen LogP contribution in [0, 0.1) is 6.92 Å². The Balaban J connectivity index is 1.49. The number of carbonyl (C=O) groups is 1. The third-order valence-corrected chi connectivity index (χ3v) is 6.45. The molecule has 2 aromatic heterocycles. The van der Waals surface area contributed by atoms with Crippen LogP contribution < -0.4 is 20.3 Å². The molecule has 1 aromatic carbocycles. The number of ether oxygens (including phenoxy) is 2. The quantitative estimate of drug-likeness (QED) is 0.672. The molecule has 7 nitrogen and oxygen atoms in total. The maximum Gasteiger partial charge on any atom is 0.262 e. The van der Waals surface area contributed by atoms with Crippen LogP contribution in [-0.4, -0.2) is 36.2 Å². The van der Waals surface area contributed by atoms with E-state index in [1.165, 1.54) is 11.3 Å².